The van der Waals surface area contributed by atoms with Crippen LogP contribution in [0.1, 0.15) is 5.56 Å². The van der Waals surface area contributed by atoms with Crippen molar-refractivity contribution in [2.75, 3.05) is 13.7 Å². The van der Waals surface area contributed by atoms with Crippen LogP contribution < -0.4 is 0 Å². The van der Waals surface area contributed by atoms with Gasteiger partial charge < -0.3 is 9.72 Å². The summed E-state index contributed by atoms with van der Waals surface area (Å²) in [6, 6.07) is 7.76. The molecule has 0 aliphatic carbocycles. The number of sulfonamides is 1. The molecule has 12 nitrogen and oxygen atoms in total. The third-order valence-electron chi connectivity index (χ3n) is 5.09. The average Bonchev–Trinajstić information content (AvgIpc) is 3.23. The van der Waals surface area contributed by atoms with E-state index in [1.807, 2.05) is 0 Å². The lowest BCUT2D eigenvalue weighted by Crippen LogP contribution is -2.47. The number of carbonyl (C=O) groups excluding carboxylic acids is 1. The molecule has 1 atom stereocenters. The normalized spacial score (nSPS) is 12.3. The number of nitro groups is 2. The van der Waals surface area contributed by atoms with Gasteiger partial charge in [-0.2, -0.15) is 4.31 Å². The zero-order valence-corrected chi connectivity index (χ0v) is 18.5. The summed E-state index contributed by atoms with van der Waals surface area (Å²) in [5.41, 5.74) is -0.357. The Labute approximate surface area is 193 Å². The number of aromatic amines is 1. The van der Waals surface area contributed by atoms with Crippen LogP contribution in [0.5, 0.6) is 0 Å². The van der Waals surface area contributed by atoms with Crippen molar-refractivity contribution >= 4 is 38.3 Å². The van der Waals surface area contributed by atoms with Crippen LogP contribution in [0.3, 0.4) is 0 Å². The molecule has 0 amide bonds. The average molecular weight is 486 g/mol. The van der Waals surface area contributed by atoms with Gasteiger partial charge in [0.05, 0.1) is 29.6 Å². The van der Waals surface area contributed by atoms with Crippen molar-refractivity contribution in [2.45, 2.75) is 17.4 Å². The largest absolute Gasteiger partial charge is 0.468 e. The van der Waals surface area contributed by atoms with E-state index in [0.717, 1.165) is 30.1 Å². The number of nitrogens with zero attached hydrogens (tertiary/aromatic N) is 3. The molecule has 2 aromatic carbocycles. The first-order chi connectivity index (χ1) is 16.1. The number of ether oxygens (including phenoxy) is 1. The Balaban J connectivity index is 2.15. The van der Waals surface area contributed by atoms with E-state index in [1.54, 1.807) is 30.5 Å². The standard InChI is InChI=1S/C21H18N4O8S/c1-3-10-23(34(31,32)20-9-8-15(24(27)28)12-18(20)25(29)30)19(21(26)33-2)11-14-13-22-17-7-5-4-6-16(14)17/h1,4-9,12-13,19,22H,10-11H2,2H3/t19-/m0/s1. The maximum atomic E-state index is 13.5. The summed E-state index contributed by atoms with van der Waals surface area (Å²) >= 11 is 0. The summed E-state index contributed by atoms with van der Waals surface area (Å²) in [5.74, 6) is 1.21. The highest BCUT2D eigenvalue weighted by molar-refractivity contribution is 7.89. The molecule has 3 aromatic rings. The van der Waals surface area contributed by atoms with Crippen molar-refractivity contribution in [3.63, 3.8) is 0 Å². The number of terminal acetylenes is 1. The summed E-state index contributed by atoms with van der Waals surface area (Å²) < 4.78 is 32.5. The Bertz CT molecular complexity index is 1420. The Morgan fingerprint density at radius 1 is 1.21 bits per heavy atom. The van der Waals surface area contributed by atoms with Gasteiger partial charge >= 0.3 is 5.97 Å². The zero-order valence-electron chi connectivity index (χ0n) is 17.7. The number of hydrogen-bond acceptors (Lipinski definition) is 8. The monoisotopic (exact) mass is 486 g/mol. The first-order valence-electron chi connectivity index (χ1n) is 9.62. The molecule has 0 saturated heterocycles. The van der Waals surface area contributed by atoms with Gasteiger partial charge in [0, 0.05) is 29.6 Å². The highest BCUT2D eigenvalue weighted by Gasteiger charge is 2.40. The molecule has 0 spiro atoms. The van der Waals surface area contributed by atoms with Gasteiger partial charge in [-0.3, -0.25) is 25.0 Å². The Hall–Kier alpha value is -4.28. The van der Waals surface area contributed by atoms with Crippen LogP contribution in [0.25, 0.3) is 10.9 Å². The number of carbonyl (C=O) groups is 1. The SMILES string of the molecule is C#CCN([C@@H](Cc1c[nH]c2ccccc12)C(=O)OC)S(=O)(=O)c1ccc([N+](=O)[O-])cc1[N+](=O)[O-]. The fourth-order valence-electron chi connectivity index (χ4n) is 3.51. The van der Waals surface area contributed by atoms with E-state index in [1.165, 1.54) is 0 Å². The lowest BCUT2D eigenvalue weighted by Gasteiger charge is -2.27. The summed E-state index contributed by atoms with van der Waals surface area (Å²) in [7, 11) is -3.71. The second-order valence-corrected chi connectivity index (χ2v) is 8.88. The van der Waals surface area contributed by atoms with Crippen LogP contribution in [0.2, 0.25) is 0 Å². The Morgan fingerprint density at radius 3 is 2.53 bits per heavy atom. The quantitative estimate of drug-likeness (QED) is 0.208. The predicted octanol–water partition coefficient (Wildman–Crippen LogP) is 2.39. The van der Waals surface area contributed by atoms with E-state index >= 15 is 0 Å². The first-order valence-corrected chi connectivity index (χ1v) is 11.1. The summed E-state index contributed by atoms with van der Waals surface area (Å²) in [6.07, 6.45) is 6.82. The van der Waals surface area contributed by atoms with Gasteiger partial charge in [-0.05, 0) is 17.7 Å². The molecular weight excluding hydrogens is 468 g/mol. The molecule has 0 bridgehead atoms. The maximum Gasteiger partial charge on any atom is 0.324 e. The molecule has 34 heavy (non-hydrogen) atoms. The molecule has 0 unspecified atom stereocenters. The van der Waals surface area contributed by atoms with Crippen LogP contribution >= 0.6 is 0 Å². The Kier molecular flexibility index (Phi) is 6.94. The van der Waals surface area contributed by atoms with Crippen molar-refractivity contribution in [3.05, 3.63) is 74.5 Å². The molecule has 1 heterocycles. The van der Waals surface area contributed by atoms with E-state index < -0.39 is 54.7 Å². The summed E-state index contributed by atoms with van der Waals surface area (Å²) in [6.45, 7) is -0.613. The van der Waals surface area contributed by atoms with E-state index in [9.17, 15) is 33.4 Å². The number of hydrogen-bond donors (Lipinski definition) is 1. The number of H-pyrrole nitrogens is 1. The van der Waals surface area contributed by atoms with Gasteiger partial charge in [-0.15, -0.1) is 6.42 Å². The van der Waals surface area contributed by atoms with Crippen molar-refractivity contribution in [2.24, 2.45) is 0 Å². The van der Waals surface area contributed by atoms with Crippen molar-refractivity contribution < 1.29 is 27.8 Å². The summed E-state index contributed by atoms with van der Waals surface area (Å²) in [5, 5.41) is 23.3. The van der Waals surface area contributed by atoms with Gasteiger partial charge in [-0.25, -0.2) is 8.42 Å². The number of esters is 1. The Morgan fingerprint density at radius 2 is 1.91 bits per heavy atom. The van der Waals surface area contributed by atoms with Crippen LogP contribution in [0.15, 0.2) is 53.6 Å². The van der Waals surface area contributed by atoms with Crippen LogP contribution in [0, 0.1) is 32.6 Å². The number of para-hydroxylation sites is 1. The van der Waals surface area contributed by atoms with Gasteiger partial charge in [0.1, 0.15) is 6.04 Å². The minimum atomic E-state index is -4.78. The second kappa shape index (κ2) is 9.69. The number of benzene rings is 2. The number of fused-ring (bicyclic) bond motifs is 1. The minimum absolute atomic E-state index is 0.154. The number of methoxy groups -OCH3 is 1. The van der Waals surface area contributed by atoms with E-state index in [0.29, 0.717) is 15.9 Å². The molecule has 0 aliphatic rings. The molecule has 13 heteroatoms. The fourth-order valence-corrected chi connectivity index (χ4v) is 5.14. The third kappa shape index (κ3) is 4.58. The molecule has 0 aliphatic heterocycles. The first kappa shape index (κ1) is 24.4. The highest BCUT2D eigenvalue weighted by atomic mass is 32.2. The number of nitrogens with one attached hydrogen (secondary N) is 1. The van der Waals surface area contributed by atoms with E-state index in [-0.39, 0.29) is 6.42 Å². The van der Waals surface area contributed by atoms with Crippen molar-refractivity contribution in [1.29, 1.82) is 0 Å². The number of non-ortho nitro benzene ring substituents is 1. The number of nitro benzene ring substituents is 2. The maximum absolute atomic E-state index is 13.5. The van der Waals surface area contributed by atoms with Gasteiger partial charge in [0.15, 0.2) is 4.90 Å². The second-order valence-electron chi connectivity index (χ2n) is 7.02. The van der Waals surface area contributed by atoms with Gasteiger partial charge in [0.25, 0.3) is 21.4 Å². The van der Waals surface area contributed by atoms with Crippen LogP contribution in [-0.4, -0.2) is 53.2 Å². The molecule has 176 valence electrons. The number of rotatable bonds is 9. The molecule has 1 N–H and O–H groups in total. The molecule has 3 rings (SSSR count). The topological polar surface area (TPSA) is 166 Å². The van der Waals surface area contributed by atoms with Crippen molar-refractivity contribution in [3.8, 4) is 12.3 Å². The zero-order chi connectivity index (χ0) is 25.0. The molecule has 0 fully saturated rings. The molecular formula is C21H18N4O8S. The molecule has 0 saturated carbocycles. The van der Waals surface area contributed by atoms with Crippen molar-refractivity contribution in [1.82, 2.24) is 9.29 Å². The smallest absolute Gasteiger partial charge is 0.324 e. The molecule has 0 radical (unpaired) electrons. The lowest BCUT2D eigenvalue weighted by atomic mass is 10.0. The number of aromatic nitrogens is 1. The van der Waals surface area contributed by atoms with E-state index in [2.05, 4.69) is 10.9 Å². The van der Waals surface area contributed by atoms with Crippen LogP contribution in [-0.2, 0) is 26.0 Å². The summed E-state index contributed by atoms with van der Waals surface area (Å²) in [4.78, 5) is 35.5. The third-order valence-corrected chi connectivity index (χ3v) is 6.99. The fraction of sp³-hybridized carbons (Fsp3) is 0.190. The minimum Gasteiger partial charge on any atom is -0.468 e. The predicted molar refractivity (Wildman–Crippen MR) is 120 cm³/mol. The van der Waals surface area contributed by atoms with E-state index in [4.69, 9.17) is 11.2 Å². The lowest BCUT2D eigenvalue weighted by molar-refractivity contribution is -0.396. The van der Waals surface area contributed by atoms with Gasteiger partial charge in [0.2, 0.25) is 0 Å². The van der Waals surface area contributed by atoms with Crippen LogP contribution in [0.4, 0.5) is 11.4 Å². The van der Waals surface area contributed by atoms with Gasteiger partial charge in [-0.1, -0.05) is 24.1 Å². The highest BCUT2D eigenvalue weighted by Crippen LogP contribution is 2.32. The molecule has 1 aromatic heterocycles.